The van der Waals surface area contributed by atoms with Gasteiger partial charge in [-0.25, -0.2) is 8.78 Å². The lowest BCUT2D eigenvalue weighted by Crippen LogP contribution is -2.33. The molecule has 1 aromatic heterocycles. The Morgan fingerprint density at radius 2 is 2.16 bits per heavy atom. The van der Waals surface area contributed by atoms with Crippen molar-refractivity contribution in [2.24, 2.45) is 5.92 Å². The number of nitrogens with one attached hydrogen (secondary N) is 1. The fourth-order valence-electron chi connectivity index (χ4n) is 2.53. The quantitative estimate of drug-likeness (QED) is 0.866. The summed E-state index contributed by atoms with van der Waals surface area (Å²) < 4.78 is 34.4. The standard InChI is InChI=1S/C13H20F2N2O2/c1-18-8-9-2-4-10(5-3-9)16-7-11-6-12(13(14)15)19-17-11/h6,9-10,13,16H,2-5,7-8H2,1H3. The van der Waals surface area contributed by atoms with E-state index in [9.17, 15) is 8.78 Å². The van der Waals surface area contributed by atoms with Crippen molar-refractivity contribution in [1.82, 2.24) is 10.5 Å². The van der Waals surface area contributed by atoms with E-state index in [1.165, 1.54) is 6.07 Å². The van der Waals surface area contributed by atoms with E-state index < -0.39 is 6.43 Å². The molecule has 0 aromatic carbocycles. The molecule has 0 amide bonds. The fraction of sp³-hybridized carbons (Fsp3) is 0.769. The van der Waals surface area contributed by atoms with Crippen LogP contribution in [0.3, 0.4) is 0 Å². The molecule has 19 heavy (non-hydrogen) atoms. The van der Waals surface area contributed by atoms with Gasteiger partial charge in [0.2, 0.25) is 5.76 Å². The molecule has 1 aliphatic rings. The Labute approximate surface area is 111 Å². The molecule has 1 aliphatic carbocycles. The largest absolute Gasteiger partial charge is 0.384 e. The van der Waals surface area contributed by atoms with E-state index in [0.717, 1.165) is 32.3 Å². The van der Waals surface area contributed by atoms with Crippen molar-refractivity contribution in [1.29, 1.82) is 0 Å². The van der Waals surface area contributed by atoms with Gasteiger partial charge in [-0.05, 0) is 31.6 Å². The van der Waals surface area contributed by atoms with Crippen LogP contribution in [-0.2, 0) is 11.3 Å². The number of nitrogens with zero attached hydrogens (tertiary/aromatic N) is 1. The molecular formula is C13H20F2N2O2. The first-order chi connectivity index (χ1) is 9.19. The third-order valence-corrected chi connectivity index (χ3v) is 3.61. The first kappa shape index (κ1) is 14.4. The summed E-state index contributed by atoms with van der Waals surface area (Å²) in [5.74, 6) is 0.293. The zero-order valence-corrected chi connectivity index (χ0v) is 11.1. The van der Waals surface area contributed by atoms with Crippen molar-refractivity contribution < 1.29 is 18.0 Å². The Hall–Kier alpha value is -1.01. The van der Waals surface area contributed by atoms with Crippen molar-refractivity contribution >= 4 is 0 Å². The molecule has 0 unspecified atom stereocenters. The van der Waals surface area contributed by atoms with Crippen molar-refractivity contribution in [2.45, 2.75) is 44.7 Å². The second kappa shape index (κ2) is 6.96. The number of hydrogen-bond acceptors (Lipinski definition) is 4. The number of ether oxygens (including phenoxy) is 1. The van der Waals surface area contributed by atoms with Gasteiger partial charge in [-0.15, -0.1) is 0 Å². The van der Waals surface area contributed by atoms with E-state index in [0.29, 0.717) is 24.2 Å². The van der Waals surface area contributed by atoms with Gasteiger partial charge >= 0.3 is 0 Å². The van der Waals surface area contributed by atoms with Crippen molar-refractivity contribution in [3.8, 4) is 0 Å². The first-order valence-electron chi connectivity index (χ1n) is 6.65. The molecule has 0 bridgehead atoms. The predicted octanol–water partition coefficient (Wildman–Crippen LogP) is 2.91. The molecule has 0 atom stereocenters. The molecule has 0 radical (unpaired) electrons. The molecule has 1 heterocycles. The monoisotopic (exact) mass is 274 g/mol. The Morgan fingerprint density at radius 1 is 1.42 bits per heavy atom. The summed E-state index contributed by atoms with van der Waals surface area (Å²) in [6.45, 7) is 1.31. The number of alkyl halides is 2. The highest BCUT2D eigenvalue weighted by molar-refractivity contribution is 5.06. The maximum atomic E-state index is 12.3. The molecule has 0 spiro atoms. The first-order valence-corrected chi connectivity index (χ1v) is 6.65. The molecule has 1 fully saturated rings. The second-order valence-corrected chi connectivity index (χ2v) is 5.08. The summed E-state index contributed by atoms with van der Waals surface area (Å²) in [6.07, 6.45) is 1.88. The predicted molar refractivity (Wildman–Crippen MR) is 65.9 cm³/mol. The third-order valence-electron chi connectivity index (χ3n) is 3.61. The molecule has 108 valence electrons. The minimum Gasteiger partial charge on any atom is -0.384 e. The van der Waals surface area contributed by atoms with Crippen molar-refractivity contribution in [3.05, 3.63) is 17.5 Å². The van der Waals surface area contributed by atoms with Gasteiger partial charge in [0.25, 0.3) is 6.43 Å². The van der Waals surface area contributed by atoms with Crippen molar-refractivity contribution in [2.75, 3.05) is 13.7 Å². The van der Waals surface area contributed by atoms with Gasteiger partial charge < -0.3 is 14.6 Å². The van der Waals surface area contributed by atoms with Gasteiger partial charge in [-0.2, -0.15) is 0 Å². The van der Waals surface area contributed by atoms with Gasteiger partial charge in [0.1, 0.15) is 0 Å². The zero-order valence-electron chi connectivity index (χ0n) is 11.1. The van der Waals surface area contributed by atoms with Gasteiger partial charge in [0, 0.05) is 32.4 Å². The van der Waals surface area contributed by atoms with E-state index in [4.69, 9.17) is 4.74 Å². The highest BCUT2D eigenvalue weighted by Gasteiger charge is 2.21. The topological polar surface area (TPSA) is 47.3 Å². The highest BCUT2D eigenvalue weighted by atomic mass is 19.3. The van der Waals surface area contributed by atoms with Crippen LogP contribution in [0.25, 0.3) is 0 Å². The van der Waals surface area contributed by atoms with Crippen LogP contribution in [0.5, 0.6) is 0 Å². The van der Waals surface area contributed by atoms with Crippen LogP contribution in [0, 0.1) is 5.92 Å². The molecule has 1 saturated carbocycles. The fourth-order valence-corrected chi connectivity index (χ4v) is 2.53. The van der Waals surface area contributed by atoms with E-state index in [1.807, 2.05) is 0 Å². The van der Waals surface area contributed by atoms with Gasteiger partial charge in [0.15, 0.2) is 0 Å². The zero-order chi connectivity index (χ0) is 13.7. The van der Waals surface area contributed by atoms with Gasteiger partial charge in [-0.3, -0.25) is 0 Å². The van der Waals surface area contributed by atoms with E-state index >= 15 is 0 Å². The molecule has 6 heteroatoms. The highest BCUT2D eigenvalue weighted by Crippen LogP contribution is 2.25. The lowest BCUT2D eigenvalue weighted by Gasteiger charge is -2.28. The molecule has 1 aromatic rings. The molecule has 1 N–H and O–H groups in total. The van der Waals surface area contributed by atoms with E-state index in [1.54, 1.807) is 7.11 Å². The Balaban J connectivity index is 1.71. The van der Waals surface area contributed by atoms with Crippen LogP contribution in [0.2, 0.25) is 0 Å². The van der Waals surface area contributed by atoms with Crippen LogP contribution in [0.4, 0.5) is 8.78 Å². The minimum absolute atomic E-state index is 0.361. The molecule has 2 rings (SSSR count). The Bertz CT molecular complexity index is 376. The minimum atomic E-state index is -2.59. The van der Waals surface area contributed by atoms with Crippen molar-refractivity contribution in [3.63, 3.8) is 0 Å². The Kier molecular flexibility index (Phi) is 5.27. The van der Waals surface area contributed by atoms with Crippen LogP contribution >= 0.6 is 0 Å². The second-order valence-electron chi connectivity index (χ2n) is 5.08. The number of rotatable bonds is 6. The lowest BCUT2D eigenvalue weighted by atomic mass is 9.86. The van der Waals surface area contributed by atoms with Gasteiger partial charge in [-0.1, -0.05) is 5.16 Å². The molecular weight excluding hydrogens is 254 g/mol. The summed E-state index contributed by atoms with van der Waals surface area (Å²) in [4.78, 5) is 0. The number of methoxy groups -OCH3 is 1. The lowest BCUT2D eigenvalue weighted by molar-refractivity contribution is 0.112. The molecule has 0 saturated heterocycles. The summed E-state index contributed by atoms with van der Waals surface area (Å²) in [5.41, 5.74) is 0.536. The third kappa shape index (κ3) is 4.24. The van der Waals surface area contributed by atoms with Crippen LogP contribution in [-0.4, -0.2) is 24.9 Å². The Morgan fingerprint density at radius 3 is 2.74 bits per heavy atom. The van der Waals surface area contributed by atoms with E-state index in [2.05, 4.69) is 15.0 Å². The number of hydrogen-bond donors (Lipinski definition) is 1. The van der Waals surface area contributed by atoms with Crippen LogP contribution in [0.15, 0.2) is 10.6 Å². The SMILES string of the molecule is COCC1CCC(NCc2cc(C(F)F)on2)CC1. The summed E-state index contributed by atoms with van der Waals surface area (Å²) in [7, 11) is 1.73. The normalized spacial score (nSPS) is 24.0. The average molecular weight is 274 g/mol. The van der Waals surface area contributed by atoms with Crippen LogP contribution < -0.4 is 5.32 Å². The smallest absolute Gasteiger partial charge is 0.298 e. The van der Waals surface area contributed by atoms with Crippen LogP contribution in [0.1, 0.15) is 43.6 Å². The van der Waals surface area contributed by atoms with E-state index in [-0.39, 0.29) is 5.76 Å². The number of halogens is 2. The summed E-state index contributed by atoms with van der Waals surface area (Å²) in [5, 5.41) is 6.97. The van der Waals surface area contributed by atoms with Gasteiger partial charge in [0.05, 0.1) is 5.69 Å². The molecule has 0 aliphatic heterocycles. The summed E-state index contributed by atoms with van der Waals surface area (Å²) in [6, 6.07) is 1.74. The number of aromatic nitrogens is 1. The maximum absolute atomic E-state index is 12.3. The summed E-state index contributed by atoms with van der Waals surface area (Å²) >= 11 is 0. The average Bonchev–Trinajstić information content (AvgIpc) is 2.87. The maximum Gasteiger partial charge on any atom is 0.298 e. The molecule has 4 nitrogen and oxygen atoms in total.